The van der Waals surface area contributed by atoms with E-state index in [0.29, 0.717) is 22.4 Å². The predicted octanol–water partition coefficient (Wildman–Crippen LogP) is 0.769. The number of H-pyrrole nitrogens is 2. The fourth-order valence-corrected chi connectivity index (χ4v) is 3.17. The summed E-state index contributed by atoms with van der Waals surface area (Å²) in [4.78, 5) is 29.9. The van der Waals surface area contributed by atoms with E-state index in [0.717, 1.165) is 18.4 Å². The van der Waals surface area contributed by atoms with Crippen LogP contribution in [0, 0.1) is 5.82 Å². The van der Waals surface area contributed by atoms with E-state index in [1.54, 1.807) is 24.4 Å². The number of imidazole rings is 1. The van der Waals surface area contributed by atoms with Crippen LogP contribution in [-0.4, -0.2) is 40.7 Å². The molecular formula is C20H19FN8O2. The number of hydrogen-bond acceptors (Lipinski definition) is 7. The molecular weight excluding hydrogens is 403 g/mol. The zero-order valence-electron chi connectivity index (χ0n) is 16.5. The van der Waals surface area contributed by atoms with Crippen LogP contribution in [0.15, 0.2) is 40.2 Å². The van der Waals surface area contributed by atoms with Gasteiger partial charge in [-0.25, -0.2) is 14.2 Å². The Balaban J connectivity index is 1.61. The molecule has 1 fully saturated rings. The molecule has 0 amide bonds. The van der Waals surface area contributed by atoms with Crippen LogP contribution in [0.2, 0.25) is 0 Å². The molecule has 0 unspecified atom stereocenters. The smallest absolute Gasteiger partial charge is 0.326 e. The van der Waals surface area contributed by atoms with Gasteiger partial charge in [-0.15, -0.1) is 0 Å². The van der Waals surface area contributed by atoms with Gasteiger partial charge in [0.2, 0.25) is 11.8 Å². The topological polar surface area (TPSA) is 136 Å². The van der Waals surface area contributed by atoms with Crippen molar-refractivity contribution in [1.29, 1.82) is 0 Å². The summed E-state index contributed by atoms with van der Waals surface area (Å²) in [6, 6.07) is 6.23. The minimum absolute atomic E-state index is 0.183. The van der Waals surface area contributed by atoms with Crippen molar-refractivity contribution < 1.29 is 9.50 Å². The first-order valence-corrected chi connectivity index (χ1v) is 9.81. The van der Waals surface area contributed by atoms with Gasteiger partial charge < -0.3 is 15.4 Å². The molecule has 1 aromatic carbocycles. The zero-order valence-corrected chi connectivity index (χ0v) is 16.5. The number of anilines is 1. The molecule has 0 spiro atoms. The highest BCUT2D eigenvalue weighted by molar-refractivity contribution is 5.57. The van der Waals surface area contributed by atoms with Crippen LogP contribution in [0.5, 0.6) is 5.88 Å². The largest absolute Gasteiger partial charge is 0.493 e. The second-order valence-corrected chi connectivity index (χ2v) is 7.45. The molecule has 158 valence electrons. The summed E-state index contributed by atoms with van der Waals surface area (Å²) >= 11 is 0. The van der Waals surface area contributed by atoms with Gasteiger partial charge in [-0.3, -0.25) is 4.98 Å². The zero-order chi connectivity index (χ0) is 21.5. The van der Waals surface area contributed by atoms with Gasteiger partial charge in [0.05, 0.1) is 18.3 Å². The van der Waals surface area contributed by atoms with E-state index >= 15 is 0 Å². The minimum Gasteiger partial charge on any atom is -0.493 e. The Labute approximate surface area is 174 Å². The highest BCUT2D eigenvalue weighted by Crippen LogP contribution is 2.22. The van der Waals surface area contributed by atoms with Crippen molar-refractivity contribution in [3.63, 3.8) is 0 Å². The fourth-order valence-electron chi connectivity index (χ4n) is 3.17. The normalized spacial score (nSPS) is 16.2. The van der Waals surface area contributed by atoms with Crippen molar-refractivity contribution >= 4 is 17.7 Å². The van der Waals surface area contributed by atoms with E-state index in [9.17, 15) is 14.3 Å². The number of aromatic nitrogens is 6. The molecule has 10 nitrogen and oxygen atoms in total. The van der Waals surface area contributed by atoms with E-state index in [1.807, 2.05) is 6.92 Å². The first-order valence-electron chi connectivity index (χ1n) is 9.81. The molecule has 11 heteroatoms. The summed E-state index contributed by atoms with van der Waals surface area (Å²) in [5.74, 6) is -0.236. The summed E-state index contributed by atoms with van der Waals surface area (Å²) in [6.07, 6.45) is 5.13. The molecule has 0 saturated heterocycles. The molecule has 3 aromatic heterocycles. The van der Waals surface area contributed by atoms with Gasteiger partial charge in [0.15, 0.2) is 5.65 Å². The number of hydrogen-bond donors (Lipinski definition) is 4. The van der Waals surface area contributed by atoms with E-state index in [1.165, 1.54) is 16.6 Å². The summed E-state index contributed by atoms with van der Waals surface area (Å²) in [5.41, 5.74) is 1.45. The van der Waals surface area contributed by atoms with E-state index in [2.05, 4.69) is 35.3 Å². The van der Waals surface area contributed by atoms with E-state index in [4.69, 9.17) is 0 Å². The molecule has 0 aliphatic heterocycles. The summed E-state index contributed by atoms with van der Waals surface area (Å²) in [6.45, 7) is 1.92. The van der Waals surface area contributed by atoms with E-state index < -0.39 is 5.69 Å². The van der Waals surface area contributed by atoms with Crippen molar-refractivity contribution in [2.75, 3.05) is 5.32 Å². The number of aromatic amines is 2. The van der Waals surface area contributed by atoms with Crippen LogP contribution in [0.4, 0.5) is 10.3 Å². The average Bonchev–Trinajstić information content (AvgIpc) is 3.37. The first kappa shape index (κ1) is 19.0. The lowest BCUT2D eigenvalue weighted by molar-refractivity contribution is 0.454. The summed E-state index contributed by atoms with van der Waals surface area (Å²) < 4.78 is 14.8. The van der Waals surface area contributed by atoms with Crippen molar-refractivity contribution in [3.05, 3.63) is 68.9 Å². The third-order valence-electron chi connectivity index (χ3n) is 4.97. The van der Waals surface area contributed by atoms with Crippen LogP contribution in [0.1, 0.15) is 37.1 Å². The number of rotatable bonds is 5. The van der Waals surface area contributed by atoms with Gasteiger partial charge in [0, 0.05) is 5.22 Å². The standard InChI is InChI=1S/C20H19FN8O2/c1-10(11-2-4-13(21)5-3-11)23-18-26-16-12(8-15-17(30)27-20(31)25-15)9-22-29(16)19(28-18)24-14-6-7-14/h2-5,8-10,14,30H,6-7H2,1H3,(H,23,24,28)(H2,25,27,31)/b12-8+/t10-/m0/s1. The molecule has 1 aliphatic rings. The Morgan fingerprint density at radius 3 is 2.74 bits per heavy atom. The number of nitrogens with zero attached hydrogens (tertiary/aromatic N) is 5. The van der Waals surface area contributed by atoms with Crippen molar-refractivity contribution in [3.8, 4) is 5.88 Å². The van der Waals surface area contributed by atoms with Crippen LogP contribution in [0.3, 0.4) is 0 Å². The lowest BCUT2D eigenvalue weighted by atomic mass is 10.1. The van der Waals surface area contributed by atoms with Crippen LogP contribution in [0.25, 0.3) is 11.7 Å². The monoisotopic (exact) mass is 422 g/mol. The average molecular weight is 422 g/mol. The maximum absolute atomic E-state index is 13.2. The molecule has 1 atom stereocenters. The molecule has 1 aliphatic carbocycles. The Bertz CT molecular complexity index is 1430. The Hall–Kier alpha value is -4.02. The molecule has 4 aromatic rings. The number of aromatic hydroxyl groups is 1. The van der Waals surface area contributed by atoms with Crippen LogP contribution in [-0.2, 0) is 0 Å². The molecule has 5 rings (SSSR count). The Morgan fingerprint density at radius 2 is 2.06 bits per heavy atom. The van der Waals surface area contributed by atoms with Crippen LogP contribution >= 0.6 is 0 Å². The quantitative estimate of drug-likeness (QED) is 0.375. The summed E-state index contributed by atoms with van der Waals surface area (Å²) in [7, 11) is 0. The molecule has 1 saturated carbocycles. The molecule has 0 bridgehead atoms. The number of nitrogens with one attached hydrogen (secondary N) is 3. The molecule has 0 radical (unpaired) electrons. The number of fused-ring (bicyclic) bond motifs is 1. The highest BCUT2D eigenvalue weighted by atomic mass is 19.1. The van der Waals surface area contributed by atoms with Gasteiger partial charge in [0.25, 0.3) is 5.62 Å². The van der Waals surface area contributed by atoms with Gasteiger partial charge in [-0.2, -0.15) is 19.6 Å². The first-order chi connectivity index (χ1) is 15.0. The third-order valence-corrected chi connectivity index (χ3v) is 4.97. The SMILES string of the molecule is C[C@H](Nc1nc(=NC2CC2)n2nc/c(=C\c3[nH]c(=O)[nH]c3O)c2n1)c1ccc(F)cc1. The van der Waals surface area contributed by atoms with Crippen molar-refractivity contribution in [1.82, 2.24) is 29.5 Å². The maximum atomic E-state index is 13.2. The second kappa shape index (κ2) is 7.35. The second-order valence-electron chi connectivity index (χ2n) is 7.45. The van der Waals surface area contributed by atoms with Crippen molar-refractivity contribution in [2.45, 2.75) is 31.8 Å². The minimum atomic E-state index is -0.519. The van der Waals surface area contributed by atoms with Crippen molar-refractivity contribution in [2.24, 2.45) is 4.99 Å². The highest BCUT2D eigenvalue weighted by Gasteiger charge is 2.21. The molecule has 3 heterocycles. The third kappa shape index (κ3) is 3.89. The Kier molecular flexibility index (Phi) is 4.50. The predicted molar refractivity (Wildman–Crippen MR) is 110 cm³/mol. The summed E-state index contributed by atoms with van der Waals surface area (Å²) in [5, 5.41) is 18.0. The molecule has 4 N–H and O–H groups in total. The number of benzene rings is 1. The number of halogens is 1. The van der Waals surface area contributed by atoms with Crippen LogP contribution < -0.4 is 21.8 Å². The lowest BCUT2D eigenvalue weighted by Gasteiger charge is -2.14. The van der Waals surface area contributed by atoms with E-state index in [-0.39, 0.29) is 29.5 Å². The Morgan fingerprint density at radius 1 is 1.29 bits per heavy atom. The van der Waals surface area contributed by atoms with Gasteiger partial charge >= 0.3 is 5.69 Å². The molecule has 31 heavy (non-hydrogen) atoms. The lowest BCUT2D eigenvalue weighted by Crippen LogP contribution is -2.25. The van der Waals surface area contributed by atoms with Gasteiger partial charge in [-0.1, -0.05) is 12.1 Å². The fraction of sp³-hybridized carbons (Fsp3) is 0.250. The van der Waals surface area contributed by atoms with Gasteiger partial charge in [-0.05, 0) is 43.5 Å². The van der Waals surface area contributed by atoms with Gasteiger partial charge in [0.1, 0.15) is 11.5 Å². The maximum Gasteiger partial charge on any atom is 0.326 e.